The van der Waals surface area contributed by atoms with Crippen LogP contribution in [0.25, 0.3) is 0 Å². The first kappa shape index (κ1) is 15.4. The van der Waals surface area contributed by atoms with Gasteiger partial charge < -0.3 is 15.0 Å². The summed E-state index contributed by atoms with van der Waals surface area (Å²) in [5.74, 6) is 2.64. The fraction of sp³-hybridized carbons (Fsp3) is 0.471. The lowest BCUT2D eigenvalue weighted by atomic mass is 10.0. The molecule has 21 heavy (non-hydrogen) atoms. The van der Waals surface area contributed by atoms with E-state index in [4.69, 9.17) is 11.2 Å². The minimum atomic E-state index is -0.158. The van der Waals surface area contributed by atoms with Gasteiger partial charge in [-0.3, -0.25) is 0 Å². The number of nitrogens with zero attached hydrogens (tertiary/aromatic N) is 1. The summed E-state index contributed by atoms with van der Waals surface area (Å²) in [5, 5.41) is 3.04. The summed E-state index contributed by atoms with van der Waals surface area (Å²) in [6.45, 7) is 5.14. The third-order valence-corrected chi connectivity index (χ3v) is 3.69. The Balaban J connectivity index is 2.06. The zero-order valence-corrected chi connectivity index (χ0v) is 12.6. The number of carbonyl (C=O) groups is 1. The van der Waals surface area contributed by atoms with Gasteiger partial charge in [-0.2, -0.15) is 0 Å². The van der Waals surface area contributed by atoms with Crippen molar-refractivity contribution < 1.29 is 9.53 Å². The molecule has 1 aromatic rings. The number of morpholine rings is 1. The number of carbonyl (C=O) groups excluding carboxylic acids is 1. The second-order valence-corrected chi connectivity index (χ2v) is 5.47. The molecule has 4 heteroatoms. The summed E-state index contributed by atoms with van der Waals surface area (Å²) < 4.78 is 5.55. The number of amides is 2. The van der Waals surface area contributed by atoms with Gasteiger partial charge in [-0.25, -0.2) is 4.79 Å². The number of hydrogen-bond donors (Lipinski definition) is 1. The molecule has 3 atom stereocenters. The van der Waals surface area contributed by atoms with Gasteiger partial charge in [0.2, 0.25) is 0 Å². The number of terminal acetylenes is 1. The average Bonchev–Trinajstić information content (AvgIpc) is 2.50. The fourth-order valence-corrected chi connectivity index (χ4v) is 2.47. The van der Waals surface area contributed by atoms with E-state index in [0.29, 0.717) is 19.6 Å². The first-order valence-electron chi connectivity index (χ1n) is 7.29. The van der Waals surface area contributed by atoms with Crippen molar-refractivity contribution in [1.82, 2.24) is 10.2 Å². The topological polar surface area (TPSA) is 41.6 Å². The van der Waals surface area contributed by atoms with E-state index in [2.05, 4.69) is 11.2 Å². The highest BCUT2D eigenvalue weighted by molar-refractivity contribution is 5.75. The molecule has 1 aliphatic heterocycles. The number of nitrogens with one attached hydrogen (secondary N) is 1. The van der Waals surface area contributed by atoms with Crippen LogP contribution >= 0.6 is 0 Å². The lowest BCUT2D eigenvalue weighted by Gasteiger charge is -2.37. The van der Waals surface area contributed by atoms with Crippen LogP contribution in [0.15, 0.2) is 30.3 Å². The Bertz CT molecular complexity index is 509. The second-order valence-electron chi connectivity index (χ2n) is 5.47. The Kier molecular flexibility index (Phi) is 5.24. The summed E-state index contributed by atoms with van der Waals surface area (Å²) >= 11 is 0. The number of ether oxygens (including phenoxy) is 1. The first-order chi connectivity index (χ1) is 10.1. The van der Waals surface area contributed by atoms with Gasteiger partial charge in [0, 0.05) is 13.0 Å². The normalized spacial score (nSPS) is 23.2. The fourth-order valence-electron chi connectivity index (χ4n) is 2.47. The maximum absolute atomic E-state index is 12.5. The lowest BCUT2D eigenvalue weighted by Crippen LogP contribution is -2.54. The molecule has 2 amide bonds. The summed E-state index contributed by atoms with van der Waals surface area (Å²) in [5.41, 5.74) is 1.03. The van der Waals surface area contributed by atoms with Crippen LogP contribution in [-0.4, -0.2) is 36.2 Å². The maximum atomic E-state index is 12.5. The van der Waals surface area contributed by atoms with Crippen molar-refractivity contribution in [3.05, 3.63) is 35.9 Å². The number of hydrogen-bond acceptors (Lipinski definition) is 2. The van der Waals surface area contributed by atoms with Crippen LogP contribution in [0.2, 0.25) is 0 Å². The summed E-state index contributed by atoms with van der Waals surface area (Å²) in [6, 6.07) is 9.64. The van der Waals surface area contributed by atoms with Crippen LogP contribution in [0, 0.1) is 12.3 Å². The average molecular weight is 286 g/mol. The zero-order chi connectivity index (χ0) is 15.2. The standard InChI is InChI=1S/C17H22N2O2/c1-4-8-16(15-9-6-5-7-10-15)18-17(20)19-11-14(3)21-12-13(19)2/h1,5-7,9-10,13-14,16H,8,11-12H2,2-3H3,(H,18,20). The van der Waals surface area contributed by atoms with Crippen molar-refractivity contribution in [2.75, 3.05) is 13.2 Å². The molecular formula is C17H22N2O2. The molecule has 1 heterocycles. The second kappa shape index (κ2) is 7.14. The molecule has 0 radical (unpaired) electrons. The van der Waals surface area contributed by atoms with Gasteiger partial charge in [0.1, 0.15) is 0 Å². The molecular weight excluding hydrogens is 264 g/mol. The van der Waals surface area contributed by atoms with Crippen LogP contribution < -0.4 is 5.32 Å². The van der Waals surface area contributed by atoms with E-state index in [0.717, 1.165) is 5.56 Å². The van der Waals surface area contributed by atoms with Crippen LogP contribution in [0.5, 0.6) is 0 Å². The molecule has 1 saturated heterocycles. The molecule has 4 nitrogen and oxygen atoms in total. The zero-order valence-electron chi connectivity index (χ0n) is 12.6. The third kappa shape index (κ3) is 3.99. The highest BCUT2D eigenvalue weighted by atomic mass is 16.5. The molecule has 1 aliphatic rings. The minimum Gasteiger partial charge on any atom is -0.375 e. The van der Waals surface area contributed by atoms with Gasteiger partial charge in [-0.1, -0.05) is 30.3 Å². The molecule has 0 spiro atoms. The number of benzene rings is 1. The highest BCUT2D eigenvalue weighted by Crippen LogP contribution is 2.18. The van der Waals surface area contributed by atoms with Crippen LogP contribution in [0.1, 0.15) is 31.9 Å². The Labute approximate surface area is 126 Å². The lowest BCUT2D eigenvalue weighted by molar-refractivity contribution is -0.0321. The van der Waals surface area contributed by atoms with Crippen molar-refractivity contribution >= 4 is 6.03 Å². The van der Waals surface area contributed by atoms with E-state index in [1.54, 1.807) is 0 Å². The maximum Gasteiger partial charge on any atom is 0.318 e. The van der Waals surface area contributed by atoms with Gasteiger partial charge in [0.25, 0.3) is 0 Å². The van der Waals surface area contributed by atoms with Gasteiger partial charge in [0.05, 0.1) is 24.8 Å². The molecule has 112 valence electrons. The molecule has 1 N–H and O–H groups in total. The molecule has 1 aromatic carbocycles. The van der Waals surface area contributed by atoms with Gasteiger partial charge >= 0.3 is 6.03 Å². The van der Waals surface area contributed by atoms with E-state index in [1.807, 2.05) is 49.1 Å². The Morgan fingerprint density at radius 1 is 1.48 bits per heavy atom. The smallest absolute Gasteiger partial charge is 0.318 e. The van der Waals surface area contributed by atoms with E-state index in [1.165, 1.54) is 0 Å². The van der Waals surface area contributed by atoms with Crippen molar-refractivity contribution in [3.63, 3.8) is 0 Å². The van der Waals surface area contributed by atoms with E-state index in [9.17, 15) is 4.79 Å². The summed E-state index contributed by atoms with van der Waals surface area (Å²) in [4.78, 5) is 14.3. The molecule has 1 fully saturated rings. The molecule has 0 saturated carbocycles. The molecule has 0 bridgehead atoms. The third-order valence-electron chi connectivity index (χ3n) is 3.69. The minimum absolute atomic E-state index is 0.0646. The van der Waals surface area contributed by atoms with Gasteiger partial charge in [0.15, 0.2) is 0 Å². The van der Waals surface area contributed by atoms with Crippen molar-refractivity contribution in [2.24, 2.45) is 0 Å². The van der Waals surface area contributed by atoms with Gasteiger partial charge in [-0.05, 0) is 19.4 Å². The number of rotatable bonds is 3. The van der Waals surface area contributed by atoms with Crippen LogP contribution in [-0.2, 0) is 4.74 Å². The SMILES string of the molecule is C#CCC(NC(=O)N1CC(C)OCC1C)c1ccccc1. The van der Waals surface area contributed by atoms with Crippen molar-refractivity contribution in [3.8, 4) is 12.3 Å². The highest BCUT2D eigenvalue weighted by Gasteiger charge is 2.28. The van der Waals surface area contributed by atoms with Crippen LogP contribution in [0.4, 0.5) is 4.79 Å². The van der Waals surface area contributed by atoms with E-state index in [-0.39, 0.29) is 24.2 Å². The Morgan fingerprint density at radius 2 is 2.19 bits per heavy atom. The predicted octanol–water partition coefficient (Wildman–Crippen LogP) is 2.57. The Morgan fingerprint density at radius 3 is 2.86 bits per heavy atom. The van der Waals surface area contributed by atoms with Gasteiger partial charge in [-0.15, -0.1) is 12.3 Å². The summed E-state index contributed by atoms with van der Waals surface area (Å²) in [6.07, 6.45) is 5.98. The van der Waals surface area contributed by atoms with E-state index < -0.39 is 0 Å². The van der Waals surface area contributed by atoms with Crippen molar-refractivity contribution in [2.45, 2.75) is 38.5 Å². The Hall–Kier alpha value is -1.99. The molecule has 3 unspecified atom stereocenters. The molecule has 0 aromatic heterocycles. The molecule has 0 aliphatic carbocycles. The first-order valence-corrected chi connectivity index (χ1v) is 7.29. The van der Waals surface area contributed by atoms with Crippen LogP contribution in [0.3, 0.4) is 0 Å². The monoisotopic (exact) mass is 286 g/mol. The summed E-state index contributed by atoms with van der Waals surface area (Å²) in [7, 11) is 0. The molecule has 2 rings (SSSR count). The van der Waals surface area contributed by atoms with Crippen molar-refractivity contribution in [1.29, 1.82) is 0 Å². The number of urea groups is 1. The quantitative estimate of drug-likeness (QED) is 0.868. The predicted molar refractivity (Wildman–Crippen MR) is 82.7 cm³/mol. The largest absolute Gasteiger partial charge is 0.375 e. The van der Waals surface area contributed by atoms with E-state index >= 15 is 0 Å².